The summed E-state index contributed by atoms with van der Waals surface area (Å²) in [6.45, 7) is 1.63. The van der Waals surface area contributed by atoms with Crippen molar-refractivity contribution in [1.29, 1.82) is 0 Å². The number of thiazole rings is 1. The van der Waals surface area contributed by atoms with Crippen molar-refractivity contribution in [3.8, 4) is 11.5 Å². The third-order valence-corrected chi connectivity index (χ3v) is 5.52. The van der Waals surface area contributed by atoms with Crippen LogP contribution in [0.2, 0.25) is 0 Å². The van der Waals surface area contributed by atoms with E-state index in [1.807, 2.05) is 41.1 Å². The zero-order valence-corrected chi connectivity index (χ0v) is 15.9. The van der Waals surface area contributed by atoms with Gasteiger partial charge < -0.3 is 15.1 Å². The summed E-state index contributed by atoms with van der Waals surface area (Å²) in [5, 5.41) is 10.5. The van der Waals surface area contributed by atoms with Crippen LogP contribution in [0.4, 0.5) is 5.13 Å². The highest BCUT2D eigenvalue weighted by molar-refractivity contribution is 7.14. The summed E-state index contributed by atoms with van der Waals surface area (Å²) < 4.78 is 5.79. The van der Waals surface area contributed by atoms with Crippen LogP contribution in [0.5, 0.6) is 0 Å². The van der Waals surface area contributed by atoms with E-state index < -0.39 is 6.04 Å². The van der Waals surface area contributed by atoms with Crippen LogP contribution in [0.3, 0.4) is 0 Å². The van der Waals surface area contributed by atoms with Crippen LogP contribution >= 0.6 is 22.7 Å². The number of carbonyl (C=O) groups excluding carboxylic acids is 2. The van der Waals surface area contributed by atoms with Gasteiger partial charge in [-0.05, 0) is 30.5 Å². The number of hydrogen-bond donors (Lipinski definition) is 2. The molecular weight excluding hydrogens is 382 g/mol. The molecule has 0 radical (unpaired) electrons. The molecule has 4 aromatic rings. The molecule has 8 heteroatoms. The van der Waals surface area contributed by atoms with Gasteiger partial charge >= 0.3 is 0 Å². The first kappa shape index (κ1) is 17.4. The van der Waals surface area contributed by atoms with Crippen molar-refractivity contribution in [3.05, 3.63) is 58.1 Å². The zero-order chi connectivity index (χ0) is 18.8. The molecule has 1 unspecified atom stereocenters. The van der Waals surface area contributed by atoms with Crippen molar-refractivity contribution in [2.24, 2.45) is 0 Å². The Morgan fingerprint density at radius 1 is 1.15 bits per heavy atom. The van der Waals surface area contributed by atoms with E-state index in [0.29, 0.717) is 21.5 Å². The molecule has 0 bridgehead atoms. The number of para-hydroxylation sites is 1. The summed E-state index contributed by atoms with van der Waals surface area (Å²) in [4.78, 5) is 29.3. The monoisotopic (exact) mass is 397 g/mol. The van der Waals surface area contributed by atoms with E-state index in [0.717, 1.165) is 11.0 Å². The molecule has 136 valence electrons. The lowest BCUT2D eigenvalue weighted by molar-refractivity contribution is -0.117. The van der Waals surface area contributed by atoms with Gasteiger partial charge in [0, 0.05) is 10.8 Å². The first-order valence-corrected chi connectivity index (χ1v) is 9.96. The van der Waals surface area contributed by atoms with Gasteiger partial charge in [-0.2, -0.15) is 0 Å². The van der Waals surface area contributed by atoms with E-state index in [1.165, 1.54) is 22.7 Å². The van der Waals surface area contributed by atoms with Gasteiger partial charge in [-0.15, -0.1) is 22.7 Å². The average Bonchev–Trinajstić information content (AvgIpc) is 3.40. The summed E-state index contributed by atoms with van der Waals surface area (Å²) in [7, 11) is 0. The maximum Gasteiger partial charge on any atom is 0.261 e. The molecule has 3 aromatic heterocycles. The van der Waals surface area contributed by atoms with Gasteiger partial charge in [-0.3, -0.25) is 9.59 Å². The van der Waals surface area contributed by atoms with Crippen LogP contribution in [0, 0.1) is 0 Å². The van der Waals surface area contributed by atoms with Crippen molar-refractivity contribution >= 4 is 50.6 Å². The molecule has 0 aliphatic carbocycles. The van der Waals surface area contributed by atoms with Gasteiger partial charge in [0.25, 0.3) is 5.91 Å². The second kappa shape index (κ2) is 7.34. The molecule has 2 amide bonds. The lowest BCUT2D eigenvalue weighted by Gasteiger charge is -2.12. The van der Waals surface area contributed by atoms with Crippen LogP contribution in [0.1, 0.15) is 16.6 Å². The summed E-state index contributed by atoms with van der Waals surface area (Å²) in [5.41, 5.74) is 1.44. The molecule has 6 nitrogen and oxygen atoms in total. The number of nitrogens with zero attached hydrogens (tertiary/aromatic N) is 1. The molecule has 0 aliphatic heterocycles. The van der Waals surface area contributed by atoms with Gasteiger partial charge in [-0.25, -0.2) is 4.98 Å². The number of amides is 2. The minimum Gasteiger partial charge on any atom is -0.454 e. The van der Waals surface area contributed by atoms with Gasteiger partial charge in [0.1, 0.15) is 17.3 Å². The van der Waals surface area contributed by atoms with Crippen molar-refractivity contribution in [1.82, 2.24) is 10.3 Å². The maximum atomic E-state index is 12.3. The van der Waals surface area contributed by atoms with E-state index in [2.05, 4.69) is 15.6 Å². The molecule has 27 heavy (non-hydrogen) atoms. The van der Waals surface area contributed by atoms with Crippen molar-refractivity contribution in [2.75, 3.05) is 5.32 Å². The summed E-state index contributed by atoms with van der Waals surface area (Å²) in [5.74, 6) is 0.0483. The minimum atomic E-state index is -0.682. The predicted octanol–water partition coefficient (Wildman–Crippen LogP) is 4.37. The summed E-state index contributed by atoms with van der Waals surface area (Å²) >= 11 is 2.63. The van der Waals surface area contributed by atoms with E-state index in [1.54, 1.807) is 19.1 Å². The lowest BCUT2D eigenvalue weighted by atomic mass is 10.2. The Bertz CT molecular complexity index is 1070. The average molecular weight is 397 g/mol. The number of benzene rings is 1. The van der Waals surface area contributed by atoms with Crippen LogP contribution < -0.4 is 10.6 Å². The normalized spacial score (nSPS) is 12.0. The predicted molar refractivity (Wildman–Crippen MR) is 107 cm³/mol. The molecule has 0 fully saturated rings. The van der Waals surface area contributed by atoms with Gasteiger partial charge in [0.05, 0.1) is 4.88 Å². The Morgan fingerprint density at radius 2 is 2.00 bits per heavy atom. The highest BCUT2D eigenvalue weighted by Crippen LogP contribution is 2.30. The molecule has 2 N–H and O–H groups in total. The number of furan rings is 1. The molecule has 0 saturated heterocycles. The van der Waals surface area contributed by atoms with Crippen LogP contribution in [-0.4, -0.2) is 22.8 Å². The first-order chi connectivity index (χ1) is 13.1. The SMILES string of the molecule is CC(NC(=O)c1cccs1)C(=O)Nc1nc(-c2cc3ccccc3o2)cs1. The molecule has 3 heterocycles. The Labute approximate surface area is 162 Å². The quantitative estimate of drug-likeness (QED) is 0.524. The van der Waals surface area contributed by atoms with Crippen LogP contribution in [0.15, 0.2) is 57.6 Å². The minimum absolute atomic E-state index is 0.269. The molecule has 0 aliphatic rings. The number of nitrogens with one attached hydrogen (secondary N) is 2. The highest BCUT2D eigenvalue weighted by atomic mass is 32.1. The molecule has 1 aromatic carbocycles. The third-order valence-electron chi connectivity index (χ3n) is 3.90. The topological polar surface area (TPSA) is 84.2 Å². The lowest BCUT2D eigenvalue weighted by Crippen LogP contribution is -2.41. The standard InChI is InChI=1S/C19H15N3O3S2/c1-11(20-18(24)16-7-4-8-26-16)17(23)22-19-21-13(10-27-19)15-9-12-5-2-3-6-14(12)25-15/h2-11H,1H3,(H,20,24)(H,21,22,23). The number of thiophene rings is 1. The summed E-state index contributed by atoms with van der Waals surface area (Å²) in [6.07, 6.45) is 0. The maximum absolute atomic E-state index is 12.3. The van der Waals surface area contributed by atoms with E-state index in [9.17, 15) is 9.59 Å². The van der Waals surface area contributed by atoms with Crippen molar-refractivity contribution in [3.63, 3.8) is 0 Å². The van der Waals surface area contributed by atoms with Crippen LogP contribution in [-0.2, 0) is 4.79 Å². The first-order valence-electron chi connectivity index (χ1n) is 8.20. The number of hydrogen-bond acceptors (Lipinski definition) is 6. The Kier molecular flexibility index (Phi) is 4.74. The van der Waals surface area contributed by atoms with Gasteiger partial charge in [-0.1, -0.05) is 24.3 Å². The summed E-state index contributed by atoms with van der Waals surface area (Å²) in [6, 6.07) is 12.5. The van der Waals surface area contributed by atoms with Gasteiger partial charge in [0.2, 0.25) is 5.91 Å². The Hall–Kier alpha value is -2.97. The second-order valence-electron chi connectivity index (χ2n) is 5.85. The molecular formula is C19H15N3O3S2. The molecule has 1 atom stereocenters. The Morgan fingerprint density at radius 3 is 2.78 bits per heavy atom. The molecule has 0 spiro atoms. The van der Waals surface area contributed by atoms with E-state index in [4.69, 9.17) is 4.42 Å². The van der Waals surface area contributed by atoms with E-state index >= 15 is 0 Å². The highest BCUT2D eigenvalue weighted by Gasteiger charge is 2.19. The fraction of sp³-hybridized carbons (Fsp3) is 0.105. The zero-order valence-electron chi connectivity index (χ0n) is 14.3. The number of rotatable bonds is 5. The van der Waals surface area contributed by atoms with Gasteiger partial charge in [0.15, 0.2) is 10.9 Å². The van der Waals surface area contributed by atoms with Crippen molar-refractivity contribution in [2.45, 2.75) is 13.0 Å². The Balaban J connectivity index is 1.42. The molecule has 4 rings (SSSR count). The smallest absolute Gasteiger partial charge is 0.261 e. The fourth-order valence-corrected chi connectivity index (χ4v) is 3.84. The third kappa shape index (κ3) is 3.76. The second-order valence-corrected chi connectivity index (χ2v) is 7.65. The number of fused-ring (bicyclic) bond motifs is 1. The van der Waals surface area contributed by atoms with Crippen molar-refractivity contribution < 1.29 is 14.0 Å². The fourth-order valence-electron chi connectivity index (χ4n) is 2.51. The largest absolute Gasteiger partial charge is 0.454 e. The van der Waals surface area contributed by atoms with E-state index in [-0.39, 0.29) is 11.8 Å². The number of aromatic nitrogens is 1. The number of carbonyl (C=O) groups is 2. The van der Waals surface area contributed by atoms with Crippen LogP contribution in [0.25, 0.3) is 22.4 Å². The number of anilines is 1. The molecule has 0 saturated carbocycles.